The van der Waals surface area contributed by atoms with Crippen LogP contribution in [0.1, 0.15) is 126 Å². The molecule has 0 unspecified atom stereocenters. The van der Waals surface area contributed by atoms with Gasteiger partial charge in [-0.25, -0.2) is 19.2 Å². The third kappa shape index (κ3) is 12.3. The van der Waals surface area contributed by atoms with Crippen molar-refractivity contribution < 1.29 is 27.8 Å². The van der Waals surface area contributed by atoms with Gasteiger partial charge in [0.1, 0.15) is 5.75 Å². The number of hydrogen-bond acceptors (Lipinski definition) is 6. The lowest BCUT2D eigenvalue weighted by Gasteiger charge is -2.10. The van der Waals surface area contributed by atoms with Gasteiger partial charge in [-0.2, -0.15) is 4.39 Å². The smallest absolute Gasteiger partial charge is 0.346 e. The molecular formula is C38H50F2N2O4. The van der Waals surface area contributed by atoms with Crippen molar-refractivity contribution in [3.05, 3.63) is 66.0 Å². The molecule has 1 aromatic heterocycles. The average molecular weight is 637 g/mol. The standard InChI is InChI=1S/C38H50F2N2O4/c1-2-3-4-5-6-7-8-9-11-14-25-44-31-21-19-30(20-22-31)37-41-27-32(28-42-37)46-38(43)33-23-24-34(36(40)35(33)39)45-26-15-12-10-13-16-29-17-18-29/h19-24,27-29H,2-18,25-26H2,1H3. The Morgan fingerprint density at radius 2 is 1.28 bits per heavy atom. The van der Waals surface area contributed by atoms with Crippen molar-refractivity contribution in [2.24, 2.45) is 5.92 Å². The van der Waals surface area contributed by atoms with E-state index in [1.54, 1.807) is 0 Å². The Bertz CT molecular complexity index is 1310. The zero-order valence-electron chi connectivity index (χ0n) is 27.4. The quantitative estimate of drug-likeness (QED) is 0.0762. The van der Waals surface area contributed by atoms with Crippen molar-refractivity contribution in [1.29, 1.82) is 0 Å². The number of rotatable bonds is 23. The van der Waals surface area contributed by atoms with E-state index in [2.05, 4.69) is 16.9 Å². The summed E-state index contributed by atoms with van der Waals surface area (Å²) < 4.78 is 45.8. The van der Waals surface area contributed by atoms with Gasteiger partial charge in [0.05, 0.1) is 31.2 Å². The van der Waals surface area contributed by atoms with Crippen LogP contribution in [0.15, 0.2) is 48.8 Å². The van der Waals surface area contributed by atoms with E-state index in [9.17, 15) is 13.6 Å². The van der Waals surface area contributed by atoms with Gasteiger partial charge < -0.3 is 14.2 Å². The number of hydrogen-bond donors (Lipinski definition) is 0. The summed E-state index contributed by atoms with van der Waals surface area (Å²) >= 11 is 0. The van der Waals surface area contributed by atoms with Crippen LogP contribution in [-0.4, -0.2) is 29.2 Å². The van der Waals surface area contributed by atoms with Gasteiger partial charge >= 0.3 is 5.97 Å². The number of carbonyl (C=O) groups is 1. The summed E-state index contributed by atoms with van der Waals surface area (Å²) in [6, 6.07) is 9.92. The number of halogens is 2. The molecule has 46 heavy (non-hydrogen) atoms. The number of aromatic nitrogens is 2. The van der Waals surface area contributed by atoms with Gasteiger partial charge in [-0.15, -0.1) is 0 Å². The third-order valence-corrected chi connectivity index (χ3v) is 8.45. The minimum absolute atomic E-state index is 0.0204. The second kappa shape index (κ2) is 19.9. The van der Waals surface area contributed by atoms with Gasteiger partial charge in [0.15, 0.2) is 23.1 Å². The molecule has 1 heterocycles. The Labute approximate surface area is 273 Å². The topological polar surface area (TPSA) is 70.5 Å². The zero-order valence-corrected chi connectivity index (χ0v) is 27.4. The van der Waals surface area contributed by atoms with Gasteiger partial charge in [-0.1, -0.05) is 103 Å². The van der Waals surface area contributed by atoms with Crippen LogP contribution >= 0.6 is 0 Å². The van der Waals surface area contributed by atoms with Gasteiger partial charge in [-0.3, -0.25) is 0 Å². The van der Waals surface area contributed by atoms with Gasteiger partial charge in [0, 0.05) is 5.56 Å². The van der Waals surface area contributed by atoms with Crippen LogP contribution in [0.3, 0.4) is 0 Å². The molecule has 1 fully saturated rings. The second-order valence-corrected chi connectivity index (χ2v) is 12.4. The van der Waals surface area contributed by atoms with Crippen molar-refractivity contribution in [1.82, 2.24) is 9.97 Å². The van der Waals surface area contributed by atoms with E-state index >= 15 is 0 Å². The number of unbranched alkanes of at least 4 members (excludes halogenated alkanes) is 12. The fourth-order valence-electron chi connectivity index (χ4n) is 5.44. The van der Waals surface area contributed by atoms with E-state index in [1.165, 1.54) is 108 Å². The summed E-state index contributed by atoms with van der Waals surface area (Å²) in [4.78, 5) is 21.1. The lowest BCUT2D eigenvalue weighted by molar-refractivity contribution is 0.0727. The summed E-state index contributed by atoms with van der Waals surface area (Å²) in [5.41, 5.74) is 0.244. The highest BCUT2D eigenvalue weighted by molar-refractivity contribution is 5.91. The maximum absolute atomic E-state index is 14.7. The SMILES string of the molecule is CCCCCCCCCCCCOc1ccc(-c2ncc(OC(=O)c3ccc(OCCCCCCC4CC4)c(F)c3F)cn2)cc1. The zero-order chi connectivity index (χ0) is 32.4. The van der Waals surface area contributed by atoms with Crippen molar-refractivity contribution >= 4 is 5.97 Å². The fourth-order valence-corrected chi connectivity index (χ4v) is 5.44. The van der Waals surface area contributed by atoms with Crippen LogP contribution in [0.5, 0.6) is 17.2 Å². The first kappa shape index (κ1) is 35.3. The molecule has 0 amide bonds. The summed E-state index contributed by atoms with van der Waals surface area (Å²) in [6.45, 7) is 3.23. The Hall–Kier alpha value is -3.55. The lowest BCUT2D eigenvalue weighted by atomic mass is 10.1. The molecule has 0 bridgehead atoms. The molecule has 0 radical (unpaired) electrons. The van der Waals surface area contributed by atoms with E-state index in [0.29, 0.717) is 19.0 Å². The second-order valence-electron chi connectivity index (χ2n) is 12.4. The maximum Gasteiger partial charge on any atom is 0.346 e. The molecule has 1 saturated carbocycles. The van der Waals surface area contributed by atoms with Crippen LogP contribution in [0.2, 0.25) is 0 Å². The van der Waals surface area contributed by atoms with Gasteiger partial charge in [-0.05, 0) is 55.2 Å². The van der Waals surface area contributed by atoms with Crippen LogP contribution < -0.4 is 14.2 Å². The average Bonchev–Trinajstić information content (AvgIpc) is 3.90. The number of carbonyl (C=O) groups excluding carboxylic acids is 1. The fraction of sp³-hybridized carbons (Fsp3) is 0.553. The molecule has 250 valence electrons. The minimum atomic E-state index is -1.31. The molecule has 6 nitrogen and oxygen atoms in total. The summed E-state index contributed by atoms with van der Waals surface area (Å²) in [5.74, 6) is -1.60. The van der Waals surface area contributed by atoms with Gasteiger partial charge in [0.2, 0.25) is 5.82 Å². The van der Waals surface area contributed by atoms with Crippen molar-refractivity contribution in [2.75, 3.05) is 13.2 Å². The van der Waals surface area contributed by atoms with Crippen LogP contribution in [-0.2, 0) is 0 Å². The first-order valence-electron chi connectivity index (χ1n) is 17.4. The highest BCUT2D eigenvalue weighted by Crippen LogP contribution is 2.34. The molecule has 2 aromatic carbocycles. The van der Waals surface area contributed by atoms with Crippen molar-refractivity contribution in [3.8, 4) is 28.6 Å². The predicted molar refractivity (Wildman–Crippen MR) is 177 cm³/mol. The molecule has 0 N–H and O–H groups in total. The van der Waals surface area contributed by atoms with E-state index in [0.717, 1.165) is 42.9 Å². The Balaban J connectivity index is 1.14. The summed E-state index contributed by atoms with van der Waals surface area (Å²) in [7, 11) is 0. The molecule has 0 spiro atoms. The normalized spacial score (nSPS) is 12.7. The lowest BCUT2D eigenvalue weighted by Crippen LogP contribution is -2.13. The maximum atomic E-state index is 14.7. The molecule has 0 atom stereocenters. The third-order valence-electron chi connectivity index (χ3n) is 8.45. The highest BCUT2D eigenvalue weighted by atomic mass is 19.2. The molecule has 3 aromatic rings. The van der Waals surface area contributed by atoms with Crippen molar-refractivity contribution in [2.45, 2.75) is 116 Å². The van der Waals surface area contributed by atoms with E-state index in [1.807, 2.05) is 24.3 Å². The molecule has 0 saturated heterocycles. The van der Waals surface area contributed by atoms with Crippen LogP contribution in [0, 0.1) is 17.6 Å². The largest absolute Gasteiger partial charge is 0.494 e. The minimum Gasteiger partial charge on any atom is -0.494 e. The molecule has 0 aliphatic heterocycles. The van der Waals surface area contributed by atoms with E-state index in [-0.39, 0.29) is 11.5 Å². The molecule has 4 rings (SSSR count). The molecular weight excluding hydrogens is 586 g/mol. The summed E-state index contributed by atoms with van der Waals surface area (Å²) in [5, 5.41) is 0. The highest BCUT2D eigenvalue weighted by Gasteiger charge is 2.22. The Morgan fingerprint density at radius 1 is 0.696 bits per heavy atom. The molecule has 1 aliphatic carbocycles. The predicted octanol–water partition coefficient (Wildman–Crippen LogP) is 10.7. The van der Waals surface area contributed by atoms with E-state index < -0.39 is 23.2 Å². The summed E-state index contributed by atoms with van der Waals surface area (Å²) in [6.07, 6.45) is 23.6. The molecule has 8 heteroatoms. The number of ether oxygens (including phenoxy) is 3. The monoisotopic (exact) mass is 636 g/mol. The van der Waals surface area contributed by atoms with Crippen LogP contribution in [0.25, 0.3) is 11.4 Å². The first-order chi connectivity index (χ1) is 22.5. The van der Waals surface area contributed by atoms with Crippen molar-refractivity contribution in [3.63, 3.8) is 0 Å². The number of benzene rings is 2. The number of nitrogens with zero attached hydrogens (tertiary/aromatic N) is 2. The van der Waals surface area contributed by atoms with E-state index in [4.69, 9.17) is 14.2 Å². The Kier molecular flexibility index (Phi) is 15.2. The van der Waals surface area contributed by atoms with Crippen LogP contribution in [0.4, 0.5) is 8.78 Å². The Morgan fingerprint density at radius 3 is 1.91 bits per heavy atom. The first-order valence-corrected chi connectivity index (χ1v) is 17.4. The number of esters is 1. The van der Waals surface area contributed by atoms with Gasteiger partial charge in [0.25, 0.3) is 0 Å². The molecule has 1 aliphatic rings.